The molecule has 176 valence electrons. The Morgan fingerprint density at radius 2 is 1.81 bits per heavy atom. The van der Waals surface area contributed by atoms with Crippen LogP contribution in [-0.2, 0) is 19.0 Å². The van der Waals surface area contributed by atoms with Gasteiger partial charge in [-0.15, -0.1) is 0 Å². The third-order valence-corrected chi connectivity index (χ3v) is 6.76. The first-order chi connectivity index (χ1) is 14.4. The SMILES string of the molecule is CC(=C/C(=O)O[C@@H]1O[C@H](CO)[C@@H](O)[C@H](O)[C@H]1O)/C=C/[C@]1(O)[C@@]2(C)CO[C@]1(C)C[C@@H](O)C2. The summed E-state index contributed by atoms with van der Waals surface area (Å²) >= 11 is 0. The summed E-state index contributed by atoms with van der Waals surface area (Å²) in [6, 6.07) is 0. The highest BCUT2D eigenvalue weighted by Gasteiger charge is 2.67. The zero-order valence-electron chi connectivity index (χ0n) is 17.8. The maximum Gasteiger partial charge on any atom is 0.333 e. The quantitative estimate of drug-likeness (QED) is 0.167. The lowest BCUT2D eigenvalue weighted by molar-refractivity contribution is -0.291. The largest absolute Gasteiger partial charge is 0.430 e. The van der Waals surface area contributed by atoms with Crippen LogP contribution in [-0.4, -0.2) is 97.8 Å². The number of ether oxygens (including phenoxy) is 3. The van der Waals surface area contributed by atoms with Crippen molar-refractivity contribution in [2.24, 2.45) is 5.41 Å². The molecule has 1 saturated carbocycles. The van der Waals surface area contributed by atoms with E-state index < -0.39 is 66.0 Å². The van der Waals surface area contributed by atoms with Crippen molar-refractivity contribution in [3.63, 3.8) is 0 Å². The van der Waals surface area contributed by atoms with E-state index in [1.807, 2.05) is 6.92 Å². The Balaban J connectivity index is 1.69. The molecule has 3 fully saturated rings. The second kappa shape index (κ2) is 8.53. The van der Waals surface area contributed by atoms with Crippen LogP contribution in [0.25, 0.3) is 0 Å². The van der Waals surface area contributed by atoms with Crippen molar-refractivity contribution in [3.8, 4) is 0 Å². The van der Waals surface area contributed by atoms with Crippen LogP contribution in [0.15, 0.2) is 23.8 Å². The molecule has 9 atom stereocenters. The molecule has 0 radical (unpaired) electrons. The molecule has 10 nitrogen and oxygen atoms in total. The zero-order valence-corrected chi connectivity index (χ0v) is 17.8. The van der Waals surface area contributed by atoms with Crippen LogP contribution in [0.1, 0.15) is 33.6 Å². The van der Waals surface area contributed by atoms with Gasteiger partial charge < -0.3 is 44.8 Å². The second-order valence-electron chi connectivity index (χ2n) is 9.26. The summed E-state index contributed by atoms with van der Waals surface area (Å²) < 4.78 is 16.0. The van der Waals surface area contributed by atoms with E-state index in [2.05, 4.69) is 0 Å². The van der Waals surface area contributed by atoms with Crippen LogP contribution in [0.5, 0.6) is 0 Å². The molecule has 1 aliphatic carbocycles. The standard InChI is InChI=1S/C21H32O10/c1-11(4-5-21(28)19(2)7-12(23)8-20(21,3)29-10-19)6-14(24)31-18-17(27)16(26)15(25)13(9-22)30-18/h4-6,12-13,15-18,22-23,25-28H,7-10H2,1-3H3/b5-4+,11-6-/t12-,13+,15+,16-,17+,18-,19+,20+,21-/m0/s1. The maximum atomic E-state index is 12.2. The predicted octanol–water partition coefficient (Wildman–Crippen LogP) is -1.49. The van der Waals surface area contributed by atoms with Crippen LogP contribution in [0.4, 0.5) is 0 Å². The fourth-order valence-corrected chi connectivity index (χ4v) is 4.82. The molecule has 10 heteroatoms. The van der Waals surface area contributed by atoms with E-state index in [1.165, 1.54) is 0 Å². The average molecular weight is 444 g/mol. The van der Waals surface area contributed by atoms with Crippen molar-refractivity contribution >= 4 is 5.97 Å². The molecule has 0 aromatic carbocycles. The number of esters is 1. The lowest BCUT2D eigenvalue weighted by Gasteiger charge is -2.49. The minimum absolute atomic E-state index is 0.283. The molecule has 0 aromatic rings. The van der Waals surface area contributed by atoms with Crippen LogP contribution in [0.2, 0.25) is 0 Å². The monoisotopic (exact) mass is 444 g/mol. The summed E-state index contributed by atoms with van der Waals surface area (Å²) in [6.07, 6.45) is -3.31. The number of carbonyl (C=O) groups excluding carboxylic acids is 1. The van der Waals surface area contributed by atoms with Gasteiger partial charge in [0.25, 0.3) is 0 Å². The van der Waals surface area contributed by atoms with Gasteiger partial charge in [-0.25, -0.2) is 4.79 Å². The summed E-state index contributed by atoms with van der Waals surface area (Å²) in [5, 5.41) is 60.2. The number of fused-ring (bicyclic) bond motifs is 2. The van der Waals surface area contributed by atoms with E-state index in [9.17, 15) is 35.4 Å². The van der Waals surface area contributed by atoms with E-state index in [0.29, 0.717) is 18.6 Å². The van der Waals surface area contributed by atoms with Crippen molar-refractivity contribution in [1.29, 1.82) is 0 Å². The molecule has 31 heavy (non-hydrogen) atoms. The number of aliphatic hydroxyl groups excluding tert-OH is 5. The molecule has 2 saturated heterocycles. The fourth-order valence-electron chi connectivity index (χ4n) is 4.82. The Kier molecular flexibility index (Phi) is 6.68. The van der Waals surface area contributed by atoms with Crippen LogP contribution < -0.4 is 0 Å². The Labute approximate surface area is 180 Å². The highest BCUT2D eigenvalue weighted by atomic mass is 16.7. The van der Waals surface area contributed by atoms with E-state index >= 15 is 0 Å². The number of aliphatic hydroxyl groups is 6. The molecular formula is C21H32O10. The highest BCUT2D eigenvalue weighted by molar-refractivity contribution is 5.83. The molecule has 2 heterocycles. The smallest absolute Gasteiger partial charge is 0.333 e. The molecule has 3 rings (SSSR count). The van der Waals surface area contributed by atoms with Crippen LogP contribution in [0.3, 0.4) is 0 Å². The third kappa shape index (κ3) is 4.19. The summed E-state index contributed by atoms with van der Waals surface area (Å²) in [5.41, 5.74) is -2.57. The predicted molar refractivity (Wildman–Crippen MR) is 105 cm³/mol. The molecule has 3 aliphatic rings. The lowest BCUT2D eigenvalue weighted by atomic mass is 9.59. The summed E-state index contributed by atoms with van der Waals surface area (Å²) in [5.74, 6) is -0.880. The van der Waals surface area contributed by atoms with Crippen LogP contribution in [0, 0.1) is 5.41 Å². The van der Waals surface area contributed by atoms with Gasteiger partial charge in [0.15, 0.2) is 0 Å². The Morgan fingerprint density at radius 3 is 2.42 bits per heavy atom. The first kappa shape index (κ1) is 24.3. The van der Waals surface area contributed by atoms with E-state index in [1.54, 1.807) is 26.0 Å². The minimum Gasteiger partial charge on any atom is -0.430 e. The Bertz CT molecular complexity index is 728. The van der Waals surface area contributed by atoms with Gasteiger partial charge in [-0.1, -0.05) is 13.0 Å². The molecule has 0 spiro atoms. The average Bonchev–Trinajstić information content (AvgIpc) is 2.79. The van der Waals surface area contributed by atoms with Crippen molar-refractivity contribution in [1.82, 2.24) is 0 Å². The summed E-state index contributed by atoms with van der Waals surface area (Å²) in [4.78, 5) is 12.2. The zero-order chi connectivity index (χ0) is 23.2. The number of hydrogen-bond donors (Lipinski definition) is 6. The first-order valence-corrected chi connectivity index (χ1v) is 10.3. The molecule has 2 bridgehead atoms. The molecular weight excluding hydrogens is 412 g/mol. The molecule has 0 aromatic heterocycles. The molecule has 6 N–H and O–H groups in total. The normalized spacial score (nSPS) is 48.2. The van der Waals surface area contributed by atoms with Crippen molar-refractivity contribution in [2.45, 2.75) is 81.6 Å². The lowest BCUT2D eigenvalue weighted by Crippen LogP contribution is -2.60. The van der Waals surface area contributed by atoms with Gasteiger partial charge in [0, 0.05) is 17.9 Å². The minimum atomic E-state index is -1.69. The van der Waals surface area contributed by atoms with Gasteiger partial charge in [0.05, 0.1) is 19.3 Å². The number of carbonyl (C=O) groups is 1. The van der Waals surface area contributed by atoms with Gasteiger partial charge in [-0.05, 0) is 31.9 Å². The Morgan fingerprint density at radius 1 is 1.13 bits per heavy atom. The van der Waals surface area contributed by atoms with Gasteiger partial charge in [-0.3, -0.25) is 0 Å². The van der Waals surface area contributed by atoms with Crippen molar-refractivity contribution < 1.29 is 49.6 Å². The molecule has 0 amide bonds. The van der Waals surface area contributed by atoms with Gasteiger partial charge >= 0.3 is 5.97 Å². The van der Waals surface area contributed by atoms with E-state index in [-0.39, 0.29) is 6.42 Å². The van der Waals surface area contributed by atoms with E-state index in [0.717, 1.165) is 6.08 Å². The topological polar surface area (TPSA) is 166 Å². The summed E-state index contributed by atoms with van der Waals surface area (Å²) in [6.45, 7) is 4.86. The van der Waals surface area contributed by atoms with Gasteiger partial charge in [0.1, 0.15) is 35.6 Å². The number of allylic oxidation sites excluding steroid dienone is 2. The fraction of sp³-hybridized carbons (Fsp3) is 0.762. The first-order valence-electron chi connectivity index (χ1n) is 10.3. The van der Waals surface area contributed by atoms with Gasteiger partial charge in [-0.2, -0.15) is 0 Å². The maximum absolute atomic E-state index is 12.2. The molecule has 0 unspecified atom stereocenters. The second-order valence-corrected chi connectivity index (χ2v) is 9.26. The van der Waals surface area contributed by atoms with Crippen LogP contribution >= 0.6 is 0 Å². The Hall–Kier alpha value is -1.37. The highest BCUT2D eigenvalue weighted by Crippen LogP contribution is 2.57. The van der Waals surface area contributed by atoms with Gasteiger partial charge in [0.2, 0.25) is 6.29 Å². The number of rotatable bonds is 5. The van der Waals surface area contributed by atoms with E-state index in [4.69, 9.17) is 14.2 Å². The molecule has 2 aliphatic heterocycles. The third-order valence-electron chi connectivity index (χ3n) is 6.76. The van der Waals surface area contributed by atoms with Crippen molar-refractivity contribution in [3.05, 3.63) is 23.8 Å². The number of hydrogen-bond acceptors (Lipinski definition) is 10. The van der Waals surface area contributed by atoms with Crippen molar-refractivity contribution in [2.75, 3.05) is 13.2 Å². The summed E-state index contributed by atoms with van der Waals surface area (Å²) in [7, 11) is 0.